The van der Waals surface area contributed by atoms with Crippen LogP contribution in [0.25, 0.3) is 0 Å². The zero-order valence-electron chi connectivity index (χ0n) is 11.9. The number of fused-ring (bicyclic) bond motifs is 1. The fourth-order valence-electron chi connectivity index (χ4n) is 3.23. The van der Waals surface area contributed by atoms with Crippen molar-refractivity contribution in [3.8, 4) is 0 Å². The Kier molecular flexibility index (Phi) is 3.53. The van der Waals surface area contributed by atoms with Gasteiger partial charge >= 0.3 is 0 Å². The summed E-state index contributed by atoms with van der Waals surface area (Å²) < 4.78 is 14.3. The molecular weight excluding hydrogens is 251 g/mol. The summed E-state index contributed by atoms with van der Waals surface area (Å²) in [5, 5.41) is 3.28. The Morgan fingerprint density at radius 1 is 1.35 bits per heavy atom. The van der Waals surface area contributed by atoms with Crippen molar-refractivity contribution < 1.29 is 4.39 Å². The van der Waals surface area contributed by atoms with Gasteiger partial charge in [0.15, 0.2) is 0 Å². The molecule has 3 rings (SSSR count). The van der Waals surface area contributed by atoms with Crippen LogP contribution in [0.1, 0.15) is 40.8 Å². The Hall–Kier alpha value is -1.74. The van der Waals surface area contributed by atoms with Crippen molar-refractivity contribution in [2.45, 2.75) is 31.7 Å². The third-order valence-electron chi connectivity index (χ3n) is 4.21. The minimum Gasteiger partial charge on any atom is -0.312 e. The van der Waals surface area contributed by atoms with Gasteiger partial charge in [0, 0.05) is 29.4 Å². The van der Waals surface area contributed by atoms with E-state index in [4.69, 9.17) is 0 Å². The van der Waals surface area contributed by atoms with Gasteiger partial charge in [0.25, 0.3) is 0 Å². The first kappa shape index (κ1) is 13.3. The molecule has 0 radical (unpaired) electrons. The maximum atomic E-state index is 14.3. The molecule has 0 spiro atoms. The number of halogens is 1. The number of likely N-dealkylation sites (N-methyl/N-ethyl adjacent to an activating group) is 1. The van der Waals surface area contributed by atoms with Gasteiger partial charge in [0.05, 0.1) is 0 Å². The van der Waals surface area contributed by atoms with E-state index in [1.807, 2.05) is 38.4 Å². The van der Waals surface area contributed by atoms with E-state index in [9.17, 15) is 4.39 Å². The number of nitrogens with one attached hydrogen (secondary N) is 1. The van der Waals surface area contributed by atoms with Crippen LogP contribution in [0.5, 0.6) is 0 Å². The van der Waals surface area contributed by atoms with Crippen LogP contribution in [-0.2, 0) is 6.42 Å². The normalized spacial score (nSPS) is 18.9. The number of rotatable bonds is 3. The first-order valence-corrected chi connectivity index (χ1v) is 7.08. The average molecular weight is 270 g/mol. The van der Waals surface area contributed by atoms with Crippen molar-refractivity contribution in [2.24, 2.45) is 0 Å². The Bertz CT molecular complexity index is 624. The van der Waals surface area contributed by atoms with Gasteiger partial charge in [-0.05, 0) is 50.1 Å². The van der Waals surface area contributed by atoms with Gasteiger partial charge in [-0.15, -0.1) is 0 Å². The molecule has 104 valence electrons. The zero-order valence-corrected chi connectivity index (χ0v) is 11.9. The molecule has 1 aromatic carbocycles. The summed E-state index contributed by atoms with van der Waals surface area (Å²) in [4.78, 5) is 4.52. The van der Waals surface area contributed by atoms with Crippen molar-refractivity contribution in [2.75, 3.05) is 7.05 Å². The van der Waals surface area contributed by atoms with E-state index >= 15 is 0 Å². The first-order chi connectivity index (χ1) is 9.70. The van der Waals surface area contributed by atoms with E-state index in [1.165, 1.54) is 5.56 Å². The Labute approximate surface area is 119 Å². The van der Waals surface area contributed by atoms with Crippen molar-refractivity contribution in [3.63, 3.8) is 0 Å². The molecule has 2 unspecified atom stereocenters. The van der Waals surface area contributed by atoms with E-state index < -0.39 is 0 Å². The third-order valence-corrected chi connectivity index (χ3v) is 4.21. The van der Waals surface area contributed by atoms with Crippen LogP contribution in [0.4, 0.5) is 4.39 Å². The highest BCUT2D eigenvalue weighted by Crippen LogP contribution is 2.40. The lowest BCUT2D eigenvalue weighted by molar-refractivity contribution is 0.448. The molecule has 0 fully saturated rings. The molecule has 1 aliphatic rings. The summed E-state index contributed by atoms with van der Waals surface area (Å²) >= 11 is 0. The molecule has 1 aliphatic carbocycles. The highest BCUT2D eigenvalue weighted by atomic mass is 19.1. The van der Waals surface area contributed by atoms with Crippen LogP contribution in [-0.4, -0.2) is 12.0 Å². The van der Waals surface area contributed by atoms with Crippen LogP contribution in [0.3, 0.4) is 0 Å². The number of nitrogens with zero attached hydrogens (tertiary/aromatic N) is 1. The van der Waals surface area contributed by atoms with Crippen LogP contribution < -0.4 is 5.32 Å². The van der Waals surface area contributed by atoms with E-state index in [-0.39, 0.29) is 17.8 Å². The number of hydrogen-bond donors (Lipinski definition) is 1. The van der Waals surface area contributed by atoms with Crippen LogP contribution in [0, 0.1) is 12.7 Å². The molecule has 0 saturated carbocycles. The second-order valence-corrected chi connectivity index (χ2v) is 5.48. The first-order valence-electron chi connectivity index (χ1n) is 7.08. The molecule has 1 aromatic heterocycles. The molecule has 1 heterocycles. The van der Waals surface area contributed by atoms with Gasteiger partial charge in [0.2, 0.25) is 0 Å². The minimum absolute atomic E-state index is 0.0215. The topological polar surface area (TPSA) is 24.9 Å². The molecular formula is C17H19FN2. The summed E-state index contributed by atoms with van der Waals surface area (Å²) in [6.45, 7) is 1.91. The Morgan fingerprint density at radius 3 is 2.95 bits per heavy atom. The van der Waals surface area contributed by atoms with Crippen LogP contribution >= 0.6 is 0 Å². The summed E-state index contributed by atoms with van der Waals surface area (Å²) in [6.07, 6.45) is 3.88. The second kappa shape index (κ2) is 5.33. The summed E-state index contributed by atoms with van der Waals surface area (Å²) in [7, 11) is 1.89. The number of hydrogen-bond acceptors (Lipinski definition) is 2. The predicted molar refractivity (Wildman–Crippen MR) is 78.2 cm³/mol. The lowest BCUT2D eigenvalue weighted by Gasteiger charge is -2.24. The van der Waals surface area contributed by atoms with E-state index in [1.54, 1.807) is 6.07 Å². The monoisotopic (exact) mass is 270 g/mol. The molecule has 1 N–H and O–H groups in total. The van der Waals surface area contributed by atoms with E-state index in [0.29, 0.717) is 0 Å². The van der Waals surface area contributed by atoms with Crippen molar-refractivity contribution >= 4 is 0 Å². The fraction of sp³-hybridized carbons (Fsp3) is 0.353. The average Bonchev–Trinajstić information content (AvgIpc) is 2.86. The molecule has 0 saturated heterocycles. The number of pyridine rings is 1. The van der Waals surface area contributed by atoms with Gasteiger partial charge in [-0.1, -0.05) is 18.2 Å². The highest BCUT2D eigenvalue weighted by molar-refractivity contribution is 5.35. The quantitative estimate of drug-likeness (QED) is 0.923. The maximum Gasteiger partial charge on any atom is 0.128 e. The minimum atomic E-state index is -0.131. The molecule has 2 nitrogen and oxygen atoms in total. The number of aromatic nitrogens is 1. The molecule has 20 heavy (non-hydrogen) atoms. The zero-order chi connectivity index (χ0) is 14.1. The molecule has 0 aliphatic heterocycles. The van der Waals surface area contributed by atoms with Crippen LogP contribution in [0.2, 0.25) is 0 Å². The van der Waals surface area contributed by atoms with Gasteiger partial charge in [0.1, 0.15) is 5.82 Å². The largest absolute Gasteiger partial charge is 0.312 e. The molecule has 0 bridgehead atoms. The van der Waals surface area contributed by atoms with Crippen molar-refractivity contribution in [3.05, 3.63) is 64.7 Å². The predicted octanol–water partition coefficient (Wildman–Crippen LogP) is 3.52. The lowest BCUT2D eigenvalue weighted by Crippen LogP contribution is -2.24. The van der Waals surface area contributed by atoms with Crippen molar-refractivity contribution in [1.29, 1.82) is 0 Å². The molecule has 2 aromatic rings. The highest BCUT2D eigenvalue weighted by Gasteiger charge is 2.32. The van der Waals surface area contributed by atoms with Crippen molar-refractivity contribution in [1.82, 2.24) is 10.3 Å². The molecule has 3 heteroatoms. The maximum absolute atomic E-state index is 14.3. The lowest BCUT2D eigenvalue weighted by atomic mass is 9.90. The smallest absolute Gasteiger partial charge is 0.128 e. The molecule has 2 atom stereocenters. The number of aryl methyl sites for hydroxylation is 2. The number of benzene rings is 1. The van der Waals surface area contributed by atoms with E-state index in [2.05, 4.69) is 16.4 Å². The second-order valence-electron chi connectivity index (χ2n) is 5.48. The third kappa shape index (κ3) is 2.22. The van der Waals surface area contributed by atoms with Gasteiger partial charge in [-0.3, -0.25) is 4.98 Å². The summed E-state index contributed by atoms with van der Waals surface area (Å²) in [6, 6.07) is 9.55. The Morgan fingerprint density at radius 2 is 2.20 bits per heavy atom. The summed E-state index contributed by atoms with van der Waals surface area (Å²) in [5.41, 5.74) is 4.10. The molecule has 0 amide bonds. The SMILES string of the molecule is CNC(c1ccc(C)cc1F)C1CCc2cccnc21. The standard InChI is InChI=1S/C17H19FN2/c1-11-5-7-13(15(18)10-11)17(19-2)14-8-6-12-4-3-9-20-16(12)14/h3-5,7,9-10,14,17,19H,6,8H2,1-2H3. The Balaban J connectivity index is 1.99. The van der Waals surface area contributed by atoms with Gasteiger partial charge in [-0.25, -0.2) is 4.39 Å². The van der Waals surface area contributed by atoms with E-state index in [0.717, 1.165) is 29.7 Å². The van der Waals surface area contributed by atoms with Crippen LogP contribution in [0.15, 0.2) is 36.5 Å². The van der Waals surface area contributed by atoms with Gasteiger partial charge < -0.3 is 5.32 Å². The van der Waals surface area contributed by atoms with Gasteiger partial charge in [-0.2, -0.15) is 0 Å². The fourth-order valence-corrected chi connectivity index (χ4v) is 3.23. The summed E-state index contributed by atoms with van der Waals surface area (Å²) in [5.74, 6) is 0.113.